The summed E-state index contributed by atoms with van der Waals surface area (Å²) >= 11 is 1.53. The van der Waals surface area contributed by atoms with E-state index in [9.17, 15) is 10.2 Å². The Morgan fingerprint density at radius 2 is 2.38 bits per heavy atom. The minimum absolute atomic E-state index is 0.0582. The van der Waals surface area contributed by atoms with Crippen molar-refractivity contribution in [2.24, 2.45) is 0 Å². The topological polar surface area (TPSA) is 61.0 Å². The number of imidazole rings is 1. The first-order valence-electron chi connectivity index (χ1n) is 5.08. The summed E-state index contributed by atoms with van der Waals surface area (Å²) in [6, 6.07) is 0. The Hall–Kier alpha value is -1.11. The Labute approximate surface area is 97.6 Å². The van der Waals surface area contributed by atoms with Crippen molar-refractivity contribution in [2.75, 3.05) is 18.5 Å². The van der Waals surface area contributed by atoms with Gasteiger partial charge < -0.3 is 15.1 Å². The number of aliphatic hydroxyl groups excluding tert-OH is 2. The number of hydrogen-bond donors (Lipinski definition) is 2. The van der Waals surface area contributed by atoms with Crippen molar-refractivity contribution in [3.05, 3.63) is 17.3 Å². The predicted molar refractivity (Wildman–Crippen MR) is 63.9 cm³/mol. The van der Waals surface area contributed by atoms with Crippen LogP contribution in [0, 0.1) is 0 Å². The van der Waals surface area contributed by atoms with Crippen LogP contribution < -0.4 is 4.90 Å². The molecule has 88 valence electrons. The van der Waals surface area contributed by atoms with E-state index < -0.39 is 6.10 Å². The summed E-state index contributed by atoms with van der Waals surface area (Å²) < 4.78 is 1.87. The molecule has 0 radical (unpaired) electrons. The molecule has 16 heavy (non-hydrogen) atoms. The van der Waals surface area contributed by atoms with Gasteiger partial charge in [0.2, 0.25) is 0 Å². The third-order valence-electron chi connectivity index (χ3n) is 2.39. The fraction of sp³-hybridized carbons (Fsp3) is 0.500. The molecule has 0 aliphatic rings. The van der Waals surface area contributed by atoms with Crippen LogP contribution in [0.15, 0.2) is 11.6 Å². The maximum atomic E-state index is 9.36. The number of anilines is 1. The summed E-state index contributed by atoms with van der Waals surface area (Å²) in [5, 5.41) is 20.6. The van der Waals surface area contributed by atoms with E-state index in [1.807, 2.05) is 27.9 Å². The van der Waals surface area contributed by atoms with Gasteiger partial charge in [-0.2, -0.15) is 0 Å². The molecular weight excluding hydrogens is 226 g/mol. The summed E-state index contributed by atoms with van der Waals surface area (Å²) in [6.45, 7) is 2.17. The van der Waals surface area contributed by atoms with E-state index in [1.54, 1.807) is 6.92 Å². The summed E-state index contributed by atoms with van der Waals surface area (Å²) in [4.78, 5) is 7.15. The van der Waals surface area contributed by atoms with Gasteiger partial charge in [0.25, 0.3) is 0 Å². The second-order valence-corrected chi connectivity index (χ2v) is 4.70. The van der Waals surface area contributed by atoms with Gasteiger partial charge in [0.05, 0.1) is 18.4 Å². The normalized spacial score (nSPS) is 13.2. The number of fused-ring (bicyclic) bond motifs is 1. The van der Waals surface area contributed by atoms with Crippen LogP contribution in [0.5, 0.6) is 0 Å². The smallest absolute Gasteiger partial charge is 0.195 e. The molecular formula is C10H15N3O2S. The zero-order valence-corrected chi connectivity index (χ0v) is 10.1. The Morgan fingerprint density at radius 3 is 3.00 bits per heavy atom. The van der Waals surface area contributed by atoms with Crippen LogP contribution in [0.2, 0.25) is 0 Å². The van der Waals surface area contributed by atoms with E-state index in [4.69, 9.17) is 0 Å². The van der Waals surface area contributed by atoms with Crippen molar-refractivity contribution in [1.82, 2.24) is 9.38 Å². The lowest BCUT2D eigenvalue weighted by Crippen LogP contribution is -2.28. The second kappa shape index (κ2) is 4.40. The predicted octanol–water partition coefficient (Wildman–Crippen LogP) is 0.705. The van der Waals surface area contributed by atoms with E-state index in [0.29, 0.717) is 6.54 Å². The molecule has 0 spiro atoms. The first kappa shape index (κ1) is 11.4. The molecule has 0 fully saturated rings. The zero-order valence-electron chi connectivity index (χ0n) is 9.29. The van der Waals surface area contributed by atoms with Crippen LogP contribution in [0.25, 0.3) is 4.96 Å². The molecule has 6 heteroatoms. The molecule has 1 unspecified atom stereocenters. The van der Waals surface area contributed by atoms with Crippen LogP contribution in [0.4, 0.5) is 5.82 Å². The molecule has 2 aromatic rings. The molecule has 0 aliphatic heterocycles. The van der Waals surface area contributed by atoms with Crippen molar-refractivity contribution >= 4 is 22.1 Å². The number of nitrogens with zero attached hydrogens (tertiary/aromatic N) is 3. The maximum Gasteiger partial charge on any atom is 0.195 e. The average molecular weight is 241 g/mol. The highest BCUT2D eigenvalue weighted by Gasteiger charge is 2.16. The van der Waals surface area contributed by atoms with E-state index in [-0.39, 0.29) is 6.61 Å². The molecule has 2 N–H and O–H groups in total. The molecule has 1 atom stereocenters. The monoisotopic (exact) mass is 241 g/mol. The average Bonchev–Trinajstić information content (AvgIpc) is 2.74. The lowest BCUT2D eigenvalue weighted by atomic mass is 10.3. The van der Waals surface area contributed by atoms with Gasteiger partial charge in [-0.25, -0.2) is 4.98 Å². The molecule has 2 rings (SSSR count). The molecule has 0 saturated carbocycles. The Morgan fingerprint density at radius 1 is 1.62 bits per heavy atom. The number of hydrogen-bond acceptors (Lipinski definition) is 5. The van der Waals surface area contributed by atoms with Crippen molar-refractivity contribution in [3.8, 4) is 0 Å². The quantitative estimate of drug-likeness (QED) is 0.827. The molecule has 2 aromatic heterocycles. The third kappa shape index (κ3) is 1.91. The Bertz CT molecular complexity index is 477. The van der Waals surface area contributed by atoms with E-state index in [1.165, 1.54) is 11.3 Å². The Balaban J connectivity index is 2.38. The SMILES string of the molecule is CC(O)CN(C)c1nc2sccn2c1CO. The maximum absolute atomic E-state index is 9.36. The van der Waals surface area contributed by atoms with Gasteiger partial charge in [-0.3, -0.25) is 4.40 Å². The van der Waals surface area contributed by atoms with Gasteiger partial charge in [-0.15, -0.1) is 11.3 Å². The van der Waals surface area contributed by atoms with Gasteiger partial charge in [-0.05, 0) is 6.92 Å². The lowest BCUT2D eigenvalue weighted by Gasteiger charge is -2.19. The van der Waals surface area contributed by atoms with E-state index in [2.05, 4.69) is 4.98 Å². The Kier molecular flexibility index (Phi) is 3.13. The van der Waals surface area contributed by atoms with E-state index in [0.717, 1.165) is 16.5 Å². The van der Waals surface area contributed by atoms with Gasteiger partial charge in [0.15, 0.2) is 10.8 Å². The molecule has 5 nitrogen and oxygen atoms in total. The molecule has 0 aliphatic carbocycles. The minimum atomic E-state index is -0.420. The zero-order chi connectivity index (χ0) is 11.7. The number of thiazole rings is 1. The molecule has 0 saturated heterocycles. The summed E-state index contributed by atoms with van der Waals surface area (Å²) in [6.07, 6.45) is 1.47. The molecule has 0 aromatic carbocycles. The highest BCUT2D eigenvalue weighted by atomic mass is 32.1. The van der Waals surface area contributed by atoms with Crippen molar-refractivity contribution in [2.45, 2.75) is 19.6 Å². The van der Waals surface area contributed by atoms with Crippen LogP contribution in [0.3, 0.4) is 0 Å². The minimum Gasteiger partial charge on any atom is -0.392 e. The standard InChI is InChI=1S/C10H15N3O2S/c1-7(15)5-12(2)9-8(6-14)13-3-4-16-10(13)11-9/h3-4,7,14-15H,5-6H2,1-2H3. The van der Waals surface area contributed by atoms with E-state index >= 15 is 0 Å². The fourth-order valence-corrected chi connectivity index (χ4v) is 2.48. The van der Waals surface area contributed by atoms with Crippen molar-refractivity contribution < 1.29 is 10.2 Å². The number of aromatic nitrogens is 2. The molecule has 2 heterocycles. The number of likely N-dealkylation sites (N-methyl/N-ethyl adjacent to an activating group) is 1. The van der Waals surface area contributed by atoms with Crippen molar-refractivity contribution in [1.29, 1.82) is 0 Å². The van der Waals surface area contributed by atoms with Gasteiger partial charge >= 0.3 is 0 Å². The van der Waals surface area contributed by atoms with Gasteiger partial charge in [0.1, 0.15) is 0 Å². The first-order valence-corrected chi connectivity index (χ1v) is 5.96. The van der Waals surface area contributed by atoms with Crippen molar-refractivity contribution in [3.63, 3.8) is 0 Å². The van der Waals surface area contributed by atoms with Gasteiger partial charge in [0, 0.05) is 25.2 Å². The lowest BCUT2D eigenvalue weighted by molar-refractivity contribution is 0.201. The third-order valence-corrected chi connectivity index (χ3v) is 3.15. The molecule has 0 amide bonds. The first-order chi connectivity index (χ1) is 7.63. The van der Waals surface area contributed by atoms with Gasteiger partial charge in [-0.1, -0.05) is 0 Å². The number of rotatable bonds is 4. The van der Waals surface area contributed by atoms with Crippen LogP contribution >= 0.6 is 11.3 Å². The second-order valence-electron chi connectivity index (χ2n) is 3.83. The van der Waals surface area contributed by atoms with Crippen LogP contribution in [-0.2, 0) is 6.61 Å². The highest BCUT2D eigenvalue weighted by Crippen LogP contribution is 2.23. The largest absolute Gasteiger partial charge is 0.392 e. The van der Waals surface area contributed by atoms with Crippen LogP contribution in [0.1, 0.15) is 12.6 Å². The number of aliphatic hydroxyl groups is 2. The fourth-order valence-electron chi connectivity index (χ4n) is 1.76. The summed E-state index contributed by atoms with van der Waals surface area (Å²) in [7, 11) is 1.86. The highest BCUT2D eigenvalue weighted by molar-refractivity contribution is 7.15. The summed E-state index contributed by atoms with van der Waals surface area (Å²) in [5.41, 5.74) is 0.763. The van der Waals surface area contributed by atoms with Crippen LogP contribution in [-0.4, -0.2) is 39.3 Å². The molecule has 0 bridgehead atoms. The summed E-state index contributed by atoms with van der Waals surface area (Å²) in [5.74, 6) is 0.732.